The van der Waals surface area contributed by atoms with Gasteiger partial charge in [0.2, 0.25) is 0 Å². The Hall–Kier alpha value is -2.44. The number of amides is 1. The number of carbonyl (C=O) groups excluding carboxylic acids is 1. The monoisotopic (exact) mass is 315 g/mol. The van der Waals surface area contributed by atoms with Gasteiger partial charge < -0.3 is 5.32 Å². The highest BCUT2D eigenvalue weighted by Crippen LogP contribution is 2.35. The Morgan fingerprint density at radius 2 is 1.41 bits per heavy atom. The van der Waals surface area contributed by atoms with E-state index >= 15 is 0 Å². The Balaban J connectivity index is 2.28. The molecule has 7 heteroatoms. The number of alkyl halides is 5. The van der Waals surface area contributed by atoms with Crippen molar-refractivity contribution >= 4 is 11.6 Å². The molecule has 22 heavy (non-hydrogen) atoms. The van der Waals surface area contributed by atoms with Crippen LogP contribution in [-0.4, -0.2) is 5.91 Å². The van der Waals surface area contributed by atoms with Crippen LogP contribution >= 0.6 is 0 Å². The van der Waals surface area contributed by atoms with Crippen LogP contribution in [0.5, 0.6) is 0 Å². The zero-order chi connectivity index (χ0) is 16.4. The maximum Gasteiger partial charge on any atom is 0.416 e. The molecule has 0 saturated heterocycles. The summed E-state index contributed by atoms with van der Waals surface area (Å²) < 4.78 is 65.7. The number of para-hydroxylation sites is 1. The minimum absolute atomic E-state index is 0.124. The molecular formula is C15H10F5NO. The van der Waals surface area contributed by atoms with E-state index in [2.05, 4.69) is 0 Å². The van der Waals surface area contributed by atoms with Gasteiger partial charge in [-0.2, -0.15) is 22.0 Å². The first-order valence-electron chi connectivity index (χ1n) is 6.13. The van der Waals surface area contributed by atoms with Gasteiger partial charge in [-0.15, -0.1) is 0 Å². The molecule has 0 aliphatic heterocycles. The summed E-state index contributed by atoms with van der Waals surface area (Å²) in [5.74, 6) is -5.78. The first-order valence-corrected chi connectivity index (χ1v) is 6.13. The second-order valence-corrected chi connectivity index (χ2v) is 4.47. The molecule has 2 rings (SSSR count). The Kier molecular flexibility index (Phi) is 4.16. The molecule has 1 N–H and O–H groups in total. The molecule has 0 heterocycles. The molecule has 2 aromatic carbocycles. The Morgan fingerprint density at radius 1 is 0.818 bits per heavy atom. The summed E-state index contributed by atoms with van der Waals surface area (Å²) in [6.07, 6.45) is -4.76. The number of carbonyl (C=O) groups is 1. The van der Waals surface area contributed by atoms with Crippen LogP contribution in [0.3, 0.4) is 0 Å². The molecule has 2 aromatic rings. The van der Waals surface area contributed by atoms with Crippen molar-refractivity contribution in [1.29, 1.82) is 0 Å². The van der Waals surface area contributed by atoms with E-state index in [9.17, 15) is 26.7 Å². The lowest BCUT2D eigenvalue weighted by atomic mass is 10.0. The second kappa shape index (κ2) is 5.75. The van der Waals surface area contributed by atoms with Gasteiger partial charge in [0.25, 0.3) is 5.91 Å². The SMILES string of the molecule is O=C(Nc1ccccc1)C(F)(F)c1cccc(C(F)(F)F)c1. The number of rotatable bonds is 3. The molecule has 0 aliphatic carbocycles. The van der Waals surface area contributed by atoms with Crippen molar-refractivity contribution in [1.82, 2.24) is 0 Å². The summed E-state index contributed by atoms with van der Waals surface area (Å²) in [6.45, 7) is 0. The number of hydrogen-bond donors (Lipinski definition) is 1. The summed E-state index contributed by atoms with van der Waals surface area (Å²) in [5.41, 5.74) is -2.13. The maximum absolute atomic E-state index is 14.0. The van der Waals surface area contributed by atoms with Crippen LogP contribution in [0.25, 0.3) is 0 Å². The zero-order valence-corrected chi connectivity index (χ0v) is 11.0. The number of benzene rings is 2. The molecule has 0 aromatic heterocycles. The predicted octanol–water partition coefficient (Wildman–Crippen LogP) is 4.44. The van der Waals surface area contributed by atoms with E-state index in [1.807, 2.05) is 5.32 Å². The van der Waals surface area contributed by atoms with Crippen molar-refractivity contribution in [3.63, 3.8) is 0 Å². The molecule has 0 aliphatic rings. The quantitative estimate of drug-likeness (QED) is 0.834. The van der Waals surface area contributed by atoms with E-state index < -0.39 is 29.1 Å². The highest BCUT2D eigenvalue weighted by Gasteiger charge is 2.42. The van der Waals surface area contributed by atoms with E-state index in [1.54, 1.807) is 6.07 Å². The molecule has 0 atom stereocenters. The topological polar surface area (TPSA) is 29.1 Å². The molecule has 0 spiro atoms. The van der Waals surface area contributed by atoms with Crippen molar-refractivity contribution in [3.05, 3.63) is 65.7 Å². The van der Waals surface area contributed by atoms with E-state index in [1.165, 1.54) is 24.3 Å². The molecule has 116 valence electrons. The van der Waals surface area contributed by atoms with Crippen molar-refractivity contribution < 1.29 is 26.7 Å². The van der Waals surface area contributed by atoms with Crippen LogP contribution in [0, 0.1) is 0 Å². The van der Waals surface area contributed by atoms with E-state index in [0.717, 1.165) is 12.1 Å². The average molecular weight is 315 g/mol. The first-order chi connectivity index (χ1) is 10.2. The van der Waals surface area contributed by atoms with Crippen LogP contribution in [0.15, 0.2) is 54.6 Å². The third-order valence-corrected chi connectivity index (χ3v) is 2.87. The predicted molar refractivity (Wildman–Crippen MR) is 70.4 cm³/mol. The molecule has 0 fully saturated rings. The van der Waals surface area contributed by atoms with Crippen LogP contribution in [0.2, 0.25) is 0 Å². The number of nitrogens with one attached hydrogen (secondary N) is 1. The fourth-order valence-corrected chi connectivity index (χ4v) is 1.75. The van der Waals surface area contributed by atoms with Gasteiger partial charge in [0.1, 0.15) is 0 Å². The minimum atomic E-state index is -4.76. The summed E-state index contributed by atoms with van der Waals surface area (Å²) in [7, 11) is 0. The zero-order valence-electron chi connectivity index (χ0n) is 11.0. The maximum atomic E-state index is 14.0. The highest BCUT2D eigenvalue weighted by atomic mass is 19.4. The summed E-state index contributed by atoms with van der Waals surface area (Å²) in [5, 5.41) is 1.97. The van der Waals surface area contributed by atoms with Crippen LogP contribution in [0.1, 0.15) is 11.1 Å². The van der Waals surface area contributed by atoms with Gasteiger partial charge in [-0.05, 0) is 24.3 Å². The summed E-state index contributed by atoms with van der Waals surface area (Å²) >= 11 is 0. The molecule has 0 saturated carbocycles. The lowest BCUT2D eigenvalue weighted by Gasteiger charge is -2.17. The fraction of sp³-hybridized carbons (Fsp3) is 0.133. The third-order valence-electron chi connectivity index (χ3n) is 2.87. The molecule has 1 amide bonds. The number of anilines is 1. The summed E-state index contributed by atoms with van der Waals surface area (Å²) in [4.78, 5) is 11.7. The van der Waals surface area contributed by atoms with Crippen molar-refractivity contribution in [2.45, 2.75) is 12.1 Å². The number of halogens is 5. The van der Waals surface area contributed by atoms with E-state index in [4.69, 9.17) is 0 Å². The van der Waals surface area contributed by atoms with Gasteiger partial charge in [-0.1, -0.05) is 30.3 Å². The van der Waals surface area contributed by atoms with Gasteiger partial charge in [-0.3, -0.25) is 4.79 Å². The highest BCUT2D eigenvalue weighted by molar-refractivity contribution is 5.96. The Labute approximate surface area is 122 Å². The molecule has 0 bridgehead atoms. The van der Waals surface area contributed by atoms with Gasteiger partial charge in [0.15, 0.2) is 0 Å². The normalized spacial score (nSPS) is 12.0. The van der Waals surface area contributed by atoms with Crippen LogP contribution < -0.4 is 5.32 Å². The molecule has 0 unspecified atom stereocenters. The van der Waals surface area contributed by atoms with E-state index in [0.29, 0.717) is 6.07 Å². The standard InChI is InChI=1S/C15H10F5NO/c16-14(17,13(22)21-12-7-2-1-3-8-12)10-5-4-6-11(9-10)15(18,19)20/h1-9H,(H,21,22). The molecule has 2 nitrogen and oxygen atoms in total. The Morgan fingerprint density at radius 3 is 2.00 bits per heavy atom. The van der Waals surface area contributed by atoms with Gasteiger partial charge in [-0.25, -0.2) is 0 Å². The van der Waals surface area contributed by atoms with Crippen molar-refractivity contribution in [2.75, 3.05) is 5.32 Å². The lowest BCUT2D eigenvalue weighted by Crippen LogP contribution is -2.32. The molecule has 0 radical (unpaired) electrons. The number of hydrogen-bond acceptors (Lipinski definition) is 1. The van der Waals surface area contributed by atoms with Gasteiger partial charge in [0, 0.05) is 11.3 Å². The second-order valence-electron chi connectivity index (χ2n) is 4.47. The third kappa shape index (κ3) is 3.41. The van der Waals surface area contributed by atoms with E-state index in [-0.39, 0.29) is 11.8 Å². The van der Waals surface area contributed by atoms with Gasteiger partial charge >= 0.3 is 12.1 Å². The van der Waals surface area contributed by atoms with Crippen LogP contribution in [-0.2, 0) is 16.9 Å². The van der Waals surface area contributed by atoms with Crippen LogP contribution in [0.4, 0.5) is 27.6 Å². The fourth-order valence-electron chi connectivity index (χ4n) is 1.75. The first kappa shape index (κ1) is 15.9. The molecular weight excluding hydrogens is 305 g/mol. The average Bonchev–Trinajstić information content (AvgIpc) is 2.47. The summed E-state index contributed by atoms with van der Waals surface area (Å²) in [6, 6.07) is 10.00. The van der Waals surface area contributed by atoms with Crippen molar-refractivity contribution in [3.8, 4) is 0 Å². The minimum Gasteiger partial charge on any atom is -0.321 e. The lowest BCUT2D eigenvalue weighted by molar-refractivity contribution is -0.142. The largest absolute Gasteiger partial charge is 0.416 e. The van der Waals surface area contributed by atoms with Crippen molar-refractivity contribution in [2.24, 2.45) is 0 Å². The van der Waals surface area contributed by atoms with Gasteiger partial charge in [0.05, 0.1) is 5.56 Å². The smallest absolute Gasteiger partial charge is 0.321 e. The Bertz CT molecular complexity index is 667.